The summed E-state index contributed by atoms with van der Waals surface area (Å²) in [5.74, 6) is -0.295. The maximum absolute atomic E-state index is 12.7. The lowest BCUT2D eigenvalue weighted by Crippen LogP contribution is -2.45. The Balaban J connectivity index is 1.81. The van der Waals surface area contributed by atoms with Crippen LogP contribution in [0.15, 0.2) is 36.5 Å². The van der Waals surface area contributed by atoms with Crippen molar-refractivity contribution in [2.75, 3.05) is 20.6 Å². The van der Waals surface area contributed by atoms with E-state index in [1.807, 2.05) is 30.3 Å². The van der Waals surface area contributed by atoms with Gasteiger partial charge < -0.3 is 9.80 Å². The van der Waals surface area contributed by atoms with E-state index in [4.69, 9.17) is 0 Å². The number of aromatic nitrogens is 3. The minimum Gasteiger partial charge on any atom is -0.347 e. The third kappa shape index (κ3) is 2.94. The summed E-state index contributed by atoms with van der Waals surface area (Å²) in [6.45, 7) is 0.571. The van der Waals surface area contributed by atoms with Gasteiger partial charge in [0.15, 0.2) is 5.69 Å². The van der Waals surface area contributed by atoms with Crippen LogP contribution in [-0.2, 0) is 4.79 Å². The fourth-order valence-corrected chi connectivity index (χ4v) is 2.76. The van der Waals surface area contributed by atoms with Gasteiger partial charge in [-0.3, -0.25) is 9.59 Å². The highest BCUT2D eigenvalue weighted by Gasteiger charge is 2.36. The summed E-state index contributed by atoms with van der Waals surface area (Å²) in [6, 6.07) is 8.99. The molecular formula is C16H19N5O2. The molecular weight excluding hydrogens is 294 g/mol. The molecule has 7 heteroatoms. The maximum Gasteiger partial charge on any atom is 0.276 e. The van der Waals surface area contributed by atoms with Gasteiger partial charge in [0.25, 0.3) is 5.91 Å². The average Bonchev–Trinajstić information content (AvgIpc) is 3.23. The van der Waals surface area contributed by atoms with E-state index in [1.54, 1.807) is 19.0 Å². The highest BCUT2D eigenvalue weighted by molar-refractivity contribution is 5.96. The molecule has 1 atom stereocenters. The van der Waals surface area contributed by atoms with Gasteiger partial charge in [0.05, 0.1) is 11.9 Å². The van der Waals surface area contributed by atoms with Crippen LogP contribution in [0.5, 0.6) is 0 Å². The predicted molar refractivity (Wildman–Crippen MR) is 84.1 cm³/mol. The number of hydrogen-bond acceptors (Lipinski definition) is 4. The first kappa shape index (κ1) is 15.2. The number of likely N-dealkylation sites (tertiary alicyclic amines) is 1. The number of carbonyl (C=O) groups excluding carboxylic acids is 2. The Labute approximate surface area is 134 Å². The molecule has 2 amide bonds. The molecule has 1 aliphatic heterocycles. The molecule has 0 aliphatic carbocycles. The van der Waals surface area contributed by atoms with E-state index in [9.17, 15) is 9.59 Å². The molecule has 2 aromatic rings. The van der Waals surface area contributed by atoms with Gasteiger partial charge in [-0.25, -0.2) is 0 Å². The van der Waals surface area contributed by atoms with Crippen molar-refractivity contribution in [2.24, 2.45) is 0 Å². The number of likely N-dealkylation sites (N-methyl/N-ethyl adjacent to an activating group) is 1. The fraction of sp³-hybridized carbons (Fsp3) is 0.375. The van der Waals surface area contributed by atoms with E-state index in [1.165, 1.54) is 15.9 Å². The number of carbonyl (C=O) groups is 2. The van der Waals surface area contributed by atoms with Crippen molar-refractivity contribution in [1.29, 1.82) is 0 Å². The average molecular weight is 313 g/mol. The second-order valence-corrected chi connectivity index (χ2v) is 5.74. The highest BCUT2D eigenvalue weighted by Crippen LogP contribution is 2.21. The van der Waals surface area contributed by atoms with Gasteiger partial charge in [-0.15, -0.1) is 5.10 Å². The van der Waals surface area contributed by atoms with E-state index < -0.39 is 6.04 Å². The third-order valence-electron chi connectivity index (χ3n) is 3.94. The van der Waals surface area contributed by atoms with Crippen molar-refractivity contribution in [3.8, 4) is 5.69 Å². The number of nitrogens with zero attached hydrogens (tertiary/aromatic N) is 5. The summed E-state index contributed by atoms with van der Waals surface area (Å²) in [4.78, 5) is 29.4. The topological polar surface area (TPSA) is 71.3 Å². The number of hydrogen-bond donors (Lipinski definition) is 0. The molecule has 23 heavy (non-hydrogen) atoms. The SMILES string of the molecule is CN(C)C(=O)C1CCCN1C(=O)c1cnn(-c2ccccc2)n1. The first-order valence-electron chi connectivity index (χ1n) is 7.58. The first-order valence-corrected chi connectivity index (χ1v) is 7.58. The van der Waals surface area contributed by atoms with Crippen LogP contribution < -0.4 is 0 Å². The fourth-order valence-electron chi connectivity index (χ4n) is 2.76. The van der Waals surface area contributed by atoms with Crippen molar-refractivity contribution in [1.82, 2.24) is 24.8 Å². The van der Waals surface area contributed by atoms with Crippen LogP contribution in [0.4, 0.5) is 0 Å². The van der Waals surface area contributed by atoms with Crippen LogP contribution in [0, 0.1) is 0 Å². The lowest BCUT2D eigenvalue weighted by atomic mass is 10.2. The van der Waals surface area contributed by atoms with Gasteiger partial charge in [-0.2, -0.15) is 9.90 Å². The minimum absolute atomic E-state index is 0.0497. The van der Waals surface area contributed by atoms with E-state index in [-0.39, 0.29) is 17.5 Å². The van der Waals surface area contributed by atoms with Crippen LogP contribution >= 0.6 is 0 Å². The molecule has 1 saturated heterocycles. The molecule has 1 unspecified atom stereocenters. The molecule has 1 fully saturated rings. The number of rotatable bonds is 3. The predicted octanol–water partition coefficient (Wildman–Crippen LogP) is 0.960. The molecule has 2 heterocycles. The van der Waals surface area contributed by atoms with E-state index in [0.717, 1.165) is 12.1 Å². The zero-order valence-electron chi connectivity index (χ0n) is 13.2. The Hall–Kier alpha value is -2.70. The van der Waals surface area contributed by atoms with E-state index in [0.29, 0.717) is 13.0 Å². The minimum atomic E-state index is -0.403. The maximum atomic E-state index is 12.7. The van der Waals surface area contributed by atoms with Gasteiger partial charge >= 0.3 is 0 Å². The summed E-state index contributed by atoms with van der Waals surface area (Å²) in [6.07, 6.45) is 2.96. The smallest absolute Gasteiger partial charge is 0.276 e. The van der Waals surface area contributed by atoms with Crippen LogP contribution in [0.3, 0.4) is 0 Å². The largest absolute Gasteiger partial charge is 0.347 e. The molecule has 0 saturated carbocycles. The molecule has 7 nitrogen and oxygen atoms in total. The van der Waals surface area contributed by atoms with Gasteiger partial charge in [-0.1, -0.05) is 18.2 Å². The molecule has 1 aliphatic rings. The molecule has 0 spiro atoms. The molecule has 1 aromatic carbocycles. The summed E-state index contributed by atoms with van der Waals surface area (Å²) >= 11 is 0. The molecule has 1 aromatic heterocycles. The van der Waals surface area contributed by atoms with Gasteiger partial charge in [0, 0.05) is 20.6 Å². The zero-order chi connectivity index (χ0) is 16.4. The van der Waals surface area contributed by atoms with Gasteiger partial charge in [0.2, 0.25) is 5.91 Å². The van der Waals surface area contributed by atoms with Gasteiger partial charge in [-0.05, 0) is 25.0 Å². The highest BCUT2D eigenvalue weighted by atomic mass is 16.2. The van der Waals surface area contributed by atoms with Crippen LogP contribution in [0.1, 0.15) is 23.3 Å². The summed E-state index contributed by atoms with van der Waals surface area (Å²) in [5, 5.41) is 8.40. The zero-order valence-corrected chi connectivity index (χ0v) is 13.2. The molecule has 3 rings (SSSR count). The Bertz CT molecular complexity index is 710. The summed E-state index contributed by atoms with van der Waals surface area (Å²) in [5.41, 5.74) is 1.04. The van der Waals surface area contributed by atoms with Crippen LogP contribution in [0.25, 0.3) is 5.69 Å². The molecule has 0 radical (unpaired) electrons. The Morgan fingerprint density at radius 3 is 2.65 bits per heavy atom. The van der Waals surface area contributed by atoms with E-state index >= 15 is 0 Å². The van der Waals surface area contributed by atoms with Gasteiger partial charge in [0.1, 0.15) is 6.04 Å². The quantitative estimate of drug-likeness (QED) is 0.846. The molecule has 120 valence electrons. The number of amides is 2. The van der Waals surface area contributed by atoms with Crippen LogP contribution in [-0.4, -0.2) is 63.3 Å². The van der Waals surface area contributed by atoms with Crippen molar-refractivity contribution >= 4 is 11.8 Å². The lowest BCUT2D eigenvalue weighted by molar-refractivity contribution is -0.132. The monoisotopic (exact) mass is 313 g/mol. The lowest BCUT2D eigenvalue weighted by Gasteiger charge is -2.25. The van der Waals surface area contributed by atoms with Crippen molar-refractivity contribution < 1.29 is 9.59 Å². The summed E-state index contributed by atoms with van der Waals surface area (Å²) < 4.78 is 0. The molecule has 0 N–H and O–H groups in total. The number of benzene rings is 1. The molecule has 0 bridgehead atoms. The van der Waals surface area contributed by atoms with Crippen molar-refractivity contribution in [3.63, 3.8) is 0 Å². The Morgan fingerprint density at radius 2 is 1.96 bits per heavy atom. The number of para-hydroxylation sites is 1. The van der Waals surface area contributed by atoms with Crippen LogP contribution in [0.2, 0.25) is 0 Å². The normalized spacial score (nSPS) is 17.3. The van der Waals surface area contributed by atoms with Crippen molar-refractivity contribution in [3.05, 3.63) is 42.2 Å². The first-order chi connectivity index (χ1) is 11.1. The van der Waals surface area contributed by atoms with E-state index in [2.05, 4.69) is 10.2 Å². The standard InChI is InChI=1S/C16H19N5O2/c1-19(2)16(23)14-9-6-10-20(14)15(22)13-11-17-21(18-13)12-7-4-3-5-8-12/h3-5,7-8,11,14H,6,9-10H2,1-2H3. The third-order valence-corrected chi connectivity index (χ3v) is 3.94. The second-order valence-electron chi connectivity index (χ2n) is 5.74. The Morgan fingerprint density at radius 1 is 1.22 bits per heavy atom. The Kier molecular flexibility index (Phi) is 4.10. The second kappa shape index (κ2) is 6.20. The summed E-state index contributed by atoms with van der Waals surface area (Å²) in [7, 11) is 3.41. The van der Waals surface area contributed by atoms with Crippen molar-refractivity contribution in [2.45, 2.75) is 18.9 Å².